The first-order valence-electron chi connectivity index (χ1n) is 29.1. The van der Waals surface area contributed by atoms with Crippen molar-refractivity contribution in [1.82, 2.24) is 49.7 Å². The summed E-state index contributed by atoms with van der Waals surface area (Å²) >= 11 is 12.5. The summed E-state index contributed by atoms with van der Waals surface area (Å²) in [6.07, 6.45) is 3.40. The van der Waals surface area contributed by atoms with Crippen molar-refractivity contribution in [2.45, 2.75) is 64.8 Å². The molecule has 2 saturated carbocycles. The van der Waals surface area contributed by atoms with Crippen LogP contribution in [0.1, 0.15) is 101 Å². The van der Waals surface area contributed by atoms with Crippen molar-refractivity contribution >= 4 is 69.0 Å². The molecule has 2 fully saturated rings. The minimum Gasteiger partial charge on any atom is -0.478 e. The zero-order valence-electron chi connectivity index (χ0n) is 50.2. The van der Waals surface area contributed by atoms with E-state index in [9.17, 15) is 47.0 Å². The van der Waals surface area contributed by atoms with Gasteiger partial charge in [-0.05, 0) is 86.3 Å². The predicted molar refractivity (Wildman–Crippen MR) is 327 cm³/mol. The van der Waals surface area contributed by atoms with Crippen LogP contribution in [0.3, 0.4) is 0 Å². The Balaban J connectivity index is 0.000000195. The third-order valence-corrected chi connectivity index (χ3v) is 17.1. The molecular formula is C66H50Cl2F10N10O8. The predicted octanol–water partition coefficient (Wildman–Crippen LogP) is 13.4. The van der Waals surface area contributed by atoms with E-state index in [1.165, 1.54) is 84.2 Å². The smallest absolute Gasteiger partial charge is 0.335 e. The molecule has 2 aliphatic carbocycles. The third-order valence-electron chi connectivity index (χ3n) is 16.4. The maximum atomic E-state index is 15.6. The number of carbonyl (C=O) groups excluding carboxylic acids is 2. The Labute approximate surface area is 546 Å². The Hall–Kier alpha value is -10.2. The highest BCUT2D eigenvalue weighted by molar-refractivity contribution is 6.32. The van der Waals surface area contributed by atoms with Crippen molar-refractivity contribution in [3.05, 3.63) is 210 Å². The van der Waals surface area contributed by atoms with Crippen LogP contribution in [0.4, 0.5) is 43.9 Å². The molecule has 2 amide bonds. The molecule has 6 aromatic heterocycles. The van der Waals surface area contributed by atoms with Crippen LogP contribution in [0.25, 0.3) is 44.6 Å². The number of aromatic nitrogens is 8. The number of imidazole rings is 2. The molecule has 0 saturated heterocycles. The molecule has 4 aromatic carbocycles. The average molecular weight is 1370 g/mol. The Morgan fingerprint density at radius 2 is 0.917 bits per heavy atom. The van der Waals surface area contributed by atoms with Crippen molar-refractivity contribution < 1.29 is 82.8 Å². The van der Waals surface area contributed by atoms with E-state index in [2.05, 4.69) is 40.5 Å². The van der Waals surface area contributed by atoms with Crippen molar-refractivity contribution in [2.75, 3.05) is 27.4 Å². The molecule has 0 aliphatic heterocycles. The van der Waals surface area contributed by atoms with E-state index in [0.29, 0.717) is 36.8 Å². The van der Waals surface area contributed by atoms with Crippen LogP contribution < -0.4 is 20.1 Å². The fourth-order valence-electron chi connectivity index (χ4n) is 10.5. The van der Waals surface area contributed by atoms with E-state index in [-0.39, 0.29) is 116 Å². The highest BCUT2D eigenvalue weighted by Crippen LogP contribution is 2.50. The number of carboxylic acid groups (broad SMARTS) is 2. The molecule has 0 unspecified atom stereocenters. The van der Waals surface area contributed by atoms with Crippen molar-refractivity contribution in [2.24, 2.45) is 10.8 Å². The highest BCUT2D eigenvalue weighted by atomic mass is 35.5. The Morgan fingerprint density at radius 1 is 0.531 bits per heavy atom. The quantitative estimate of drug-likeness (QED) is 0.0365. The van der Waals surface area contributed by atoms with Gasteiger partial charge in [-0.1, -0.05) is 35.3 Å². The van der Waals surface area contributed by atoms with Gasteiger partial charge in [0.1, 0.15) is 58.9 Å². The molecule has 10 aromatic rings. The maximum absolute atomic E-state index is 15.6. The Kier molecular flexibility index (Phi) is 19.1. The minimum atomic E-state index is -1.54. The summed E-state index contributed by atoms with van der Waals surface area (Å²) < 4.78 is 165. The van der Waals surface area contributed by atoms with E-state index >= 15 is 26.3 Å². The molecule has 18 nitrogen and oxygen atoms in total. The van der Waals surface area contributed by atoms with Gasteiger partial charge in [0.15, 0.2) is 34.9 Å². The van der Waals surface area contributed by atoms with E-state index < -0.39 is 130 Å². The van der Waals surface area contributed by atoms with Gasteiger partial charge in [-0.25, -0.2) is 64.6 Å². The normalized spacial score (nSPS) is 13.5. The molecule has 496 valence electrons. The van der Waals surface area contributed by atoms with Crippen LogP contribution >= 0.6 is 23.2 Å². The summed E-state index contributed by atoms with van der Waals surface area (Å²) in [7, 11) is 2.89. The number of benzene rings is 4. The minimum absolute atomic E-state index is 0.0144. The molecule has 96 heavy (non-hydrogen) atoms. The summed E-state index contributed by atoms with van der Waals surface area (Å²) in [6, 6.07) is 16.5. The second-order valence-corrected chi connectivity index (χ2v) is 23.7. The summed E-state index contributed by atoms with van der Waals surface area (Å²) in [4.78, 5) is 71.4. The van der Waals surface area contributed by atoms with Gasteiger partial charge >= 0.3 is 11.9 Å². The number of halogens is 12. The van der Waals surface area contributed by atoms with E-state index in [4.69, 9.17) is 32.7 Å². The number of amides is 2. The largest absolute Gasteiger partial charge is 0.478 e. The number of alkyl halides is 2. The number of hydrogen-bond donors (Lipinski definition) is 4. The number of fused-ring (bicyclic) bond motifs is 2. The number of aromatic carboxylic acids is 2. The molecule has 0 bridgehead atoms. The molecule has 6 heterocycles. The van der Waals surface area contributed by atoms with Gasteiger partial charge in [0.05, 0.1) is 56.9 Å². The second kappa shape index (κ2) is 27.2. The standard InChI is InChI=1S/2C33H25ClF5N5O4/c2*1-40-31(45)24-11-20(34)17(12-41-24)13-48-27-4-2-3-23(42-27)19-9-21(36)18(28(38)29(19)39)10-26-43-30-22(37)7-16(32(46)47)8-25(30)44(26)15-33(14-35)5-6-33/h2*2-4,7-9,11-12H,5-6,10,13-15H2,1H3,(H,40,45)(H,46,47). The summed E-state index contributed by atoms with van der Waals surface area (Å²) in [5.41, 5.74) is -4.61. The fraction of sp³-hybridized carbons (Fsp3) is 0.242. The highest BCUT2D eigenvalue weighted by Gasteiger charge is 2.45. The molecule has 2 aliphatic rings. The van der Waals surface area contributed by atoms with Gasteiger partial charge in [-0.15, -0.1) is 0 Å². The lowest BCUT2D eigenvalue weighted by molar-refractivity contribution is 0.0686. The van der Waals surface area contributed by atoms with Crippen molar-refractivity contribution in [1.29, 1.82) is 0 Å². The Bertz CT molecular complexity index is 4500. The second-order valence-electron chi connectivity index (χ2n) is 22.9. The number of rotatable bonds is 22. The molecule has 12 rings (SSSR count). The van der Waals surface area contributed by atoms with Gasteiger partial charge < -0.3 is 39.5 Å². The van der Waals surface area contributed by atoms with E-state index in [0.717, 1.165) is 36.4 Å². The first kappa shape index (κ1) is 67.2. The van der Waals surface area contributed by atoms with Crippen molar-refractivity contribution in [3.63, 3.8) is 0 Å². The van der Waals surface area contributed by atoms with Crippen molar-refractivity contribution in [3.8, 4) is 34.3 Å². The van der Waals surface area contributed by atoms with Crippen LogP contribution in [-0.4, -0.2) is 100 Å². The average Bonchev–Trinajstić information content (AvgIpc) is 1.57. The number of carbonyl (C=O) groups is 4. The number of nitrogens with one attached hydrogen (secondary N) is 2. The molecular weight excluding hydrogens is 1320 g/mol. The number of hydrogen-bond acceptors (Lipinski definition) is 12. The van der Waals surface area contributed by atoms with E-state index in [1.807, 2.05) is 0 Å². The van der Waals surface area contributed by atoms with Gasteiger partial charge in [-0.2, -0.15) is 0 Å². The zero-order valence-corrected chi connectivity index (χ0v) is 51.7. The lowest BCUT2D eigenvalue weighted by atomic mass is 10.0. The number of carboxylic acids is 2. The van der Waals surface area contributed by atoms with Crippen LogP contribution in [-0.2, 0) is 39.1 Å². The van der Waals surface area contributed by atoms with Crippen LogP contribution in [0.15, 0.2) is 97.3 Å². The van der Waals surface area contributed by atoms with Crippen LogP contribution in [0, 0.1) is 57.4 Å². The molecule has 0 atom stereocenters. The number of ether oxygens (including phenoxy) is 2. The molecule has 4 N–H and O–H groups in total. The van der Waals surface area contributed by atoms with Crippen LogP contribution in [0.2, 0.25) is 10.0 Å². The number of pyridine rings is 4. The lowest BCUT2D eigenvalue weighted by Crippen LogP contribution is -2.19. The van der Waals surface area contributed by atoms with Gasteiger partial charge in [-0.3, -0.25) is 28.3 Å². The summed E-state index contributed by atoms with van der Waals surface area (Å²) in [5, 5.41) is 24.1. The Morgan fingerprint density at radius 3 is 1.25 bits per heavy atom. The first-order chi connectivity index (χ1) is 45.9. The molecule has 30 heteroatoms. The fourth-order valence-corrected chi connectivity index (χ4v) is 10.9. The van der Waals surface area contributed by atoms with Gasteiger partial charge in [0.2, 0.25) is 11.8 Å². The van der Waals surface area contributed by atoms with E-state index in [1.54, 1.807) is 0 Å². The van der Waals surface area contributed by atoms with Gasteiger partial charge in [0.25, 0.3) is 11.8 Å². The monoisotopic (exact) mass is 1370 g/mol. The third kappa shape index (κ3) is 13.8. The molecule has 0 radical (unpaired) electrons. The first-order valence-corrected chi connectivity index (χ1v) is 29.8. The van der Waals surface area contributed by atoms with Gasteiger partial charge in [0, 0.05) is 109 Å². The number of nitrogens with zero attached hydrogens (tertiary/aromatic N) is 8. The molecule has 0 spiro atoms. The summed E-state index contributed by atoms with van der Waals surface area (Å²) in [5.74, 6) is -14.1. The van der Waals surface area contributed by atoms with Crippen LogP contribution in [0.5, 0.6) is 11.8 Å². The summed E-state index contributed by atoms with van der Waals surface area (Å²) in [6.45, 7) is -1.80. The maximum Gasteiger partial charge on any atom is 0.335 e. The SMILES string of the molecule is CNC(=O)c1cc(Cl)c(COc2cccc(-c3cc(F)c(Cc4nc5c(F)cc(C(=O)O)cc5n4CC4(CF)CC4)c(F)c3F)n2)cn1.CNC(=O)c1cc(Cl)c(COc2cccc(-c3cc(F)c(Cc4nc5c(F)cc(C(=O)O)cc5n4CC4(CF)CC4)c(F)c3F)n2)cn1. The topological polar surface area (TPSA) is 238 Å². The zero-order chi connectivity index (χ0) is 68.7. The lowest BCUT2D eigenvalue weighted by Gasteiger charge is -2.16.